The summed E-state index contributed by atoms with van der Waals surface area (Å²) in [6.45, 7) is 1.97. The Morgan fingerprint density at radius 2 is 2.19 bits per heavy atom. The molecule has 1 aliphatic rings. The summed E-state index contributed by atoms with van der Waals surface area (Å²) in [4.78, 5) is 11.0. The number of rotatable bonds is 5. The molecule has 1 aliphatic heterocycles. The van der Waals surface area contributed by atoms with Crippen molar-refractivity contribution in [3.05, 3.63) is 0 Å². The third kappa shape index (κ3) is 2.73. The van der Waals surface area contributed by atoms with Crippen LogP contribution < -0.4 is 5.32 Å². The molecule has 1 rings (SSSR count). The van der Waals surface area contributed by atoms with Crippen molar-refractivity contribution in [3.63, 3.8) is 0 Å². The largest absolute Gasteiger partial charge is 0.480 e. The molecule has 0 saturated carbocycles. The second-order valence-electron chi connectivity index (χ2n) is 4.57. The first kappa shape index (κ1) is 13.4. The molecule has 1 saturated heterocycles. The van der Waals surface area contributed by atoms with Crippen LogP contribution in [0.4, 0.5) is 0 Å². The molecule has 3 atom stereocenters. The maximum absolute atomic E-state index is 11.0. The summed E-state index contributed by atoms with van der Waals surface area (Å²) in [5.41, 5.74) is -0.749. The molecule has 0 aromatic carbocycles. The lowest BCUT2D eigenvalue weighted by Gasteiger charge is -2.31. The Hall–Kier alpha value is -0.625. The number of hydrogen-bond acceptors (Lipinski definition) is 5. The van der Waals surface area contributed by atoms with Crippen LogP contribution in [0.5, 0.6) is 0 Å². The van der Waals surface area contributed by atoms with Crippen molar-refractivity contribution in [2.75, 3.05) is 6.54 Å². The second kappa shape index (κ2) is 5.14. The van der Waals surface area contributed by atoms with E-state index in [0.29, 0.717) is 12.8 Å². The van der Waals surface area contributed by atoms with E-state index in [2.05, 4.69) is 5.32 Å². The van der Waals surface area contributed by atoms with Gasteiger partial charge in [-0.15, -0.1) is 0 Å². The molecule has 0 bridgehead atoms. The molecular formula is C9H18BNO5. The van der Waals surface area contributed by atoms with E-state index in [1.165, 1.54) is 0 Å². The van der Waals surface area contributed by atoms with Gasteiger partial charge in [0.2, 0.25) is 0 Å². The molecule has 0 aromatic heterocycles. The third-order valence-corrected chi connectivity index (χ3v) is 3.36. The van der Waals surface area contributed by atoms with Crippen molar-refractivity contribution in [1.82, 2.24) is 5.32 Å². The van der Waals surface area contributed by atoms with E-state index >= 15 is 0 Å². The summed E-state index contributed by atoms with van der Waals surface area (Å²) in [6, 6.07) is -0.779. The van der Waals surface area contributed by atoms with E-state index in [9.17, 15) is 9.90 Å². The zero-order valence-electron chi connectivity index (χ0n) is 9.26. The summed E-state index contributed by atoms with van der Waals surface area (Å²) in [5, 5.41) is 39.0. The van der Waals surface area contributed by atoms with Crippen molar-refractivity contribution in [3.8, 4) is 0 Å². The Bertz CT molecular complexity index is 262. The van der Waals surface area contributed by atoms with Crippen molar-refractivity contribution < 1.29 is 25.1 Å². The molecule has 0 radical (unpaired) electrons. The number of carboxylic acids is 1. The summed E-state index contributed by atoms with van der Waals surface area (Å²) < 4.78 is 0. The van der Waals surface area contributed by atoms with E-state index in [-0.39, 0.29) is 12.9 Å². The summed E-state index contributed by atoms with van der Waals surface area (Å²) in [5.74, 6) is -0.983. The molecule has 0 aromatic rings. The van der Waals surface area contributed by atoms with Gasteiger partial charge in [-0.25, -0.2) is 0 Å². The minimum Gasteiger partial charge on any atom is -0.480 e. The molecule has 0 amide bonds. The molecule has 6 nitrogen and oxygen atoms in total. The summed E-state index contributed by atoms with van der Waals surface area (Å²) in [7, 11) is -1.38. The Labute approximate surface area is 94.4 Å². The van der Waals surface area contributed by atoms with Gasteiger partial charge in [0.15, 0.2) is 0 Å². The highest BCUT2D eigenvalue weighted by Crippen LogP contribution is 2.36. The number of aliphatic hydroxyl groups excluding tert-OH is 1. The lowest BCUT2D eigenvalue weighted by atomic mass is 9.73. The van der Waals surface area contributed by atoms with Gasteiger partial charge in [-0.1, -0.05) is 13.3 Å². The van der Waals surface area contributed by atoms with E-state index < -0.39 is 30.6 Å². The van der Waals surface area contributed by atoms with Crippen LogP contribution in [-0.4, -0.2) is 52.0 Å². The maximum Gasteiger partial charge on any atom is 0.451 e. The van der Waals surface area contributed by atoms with Crippen LogP contribution in [0.3, 0.4) is 0 Å². The fraction of sp³-hybridized carbons (Fsp3) is 0.889. The van der Waals surface area contributed by atoms with Crippen molar-refractivity contribution in [1.29, 1.82) is 0 Å². The summed E-state index contributed by atoms with van der Waals surface area (Å²) in [6.07, 6.45) is 0.380. The molecule has 92 valence electrons. The molecule has 16 heavy (non-hydrogen) atoms. The first-order valence-corrected chi connectivity index (χ1v) is 5.38. The van der Waals surface area contributed by atoms with Crippen LogP contribution in [0.2, 0.25) is 6.32 Å². The fourth-order valence-electron chi connectivity index (χ4n) is 2.23. The van der Waals surface area contributed by atoms with Gasteiger partial charge in [-0.3, -0.25) is 4.79 Å². The summed E-state index contributed by atoms with van der Waals surface area (Å²) >= 11 is 0. The first-order chi connectivity index (χ1) is 7.38. The number of nitrogens with one attached hydrogen (secondary N) is 1. The smallest absolute Gasteiger partial charge is 0.451 e. The lowest BCUT2D eigenvalue weighted by Crippen LogP contribution is -2.44. The minimum absolute atomic E-state index is 0.189. The number of β-amino-alcohol motifs (C(OH)–C–C–N with tert-alkyl or cyclic N) is 1. The van der Waals surface area contributed by atoms with E-state index in [4.69, 9.17) is 15.2 Å². The number of hydrogen-bond donors (Lipinski definition) is 5. The van der Waals surface area contributed by atoms with Gasteiger partial charge >= 0.3 is 13.1 Å². The second-order valence-corrected chi connectivity index (χ2v) is 4.57. The van der Waals surface area contributed by atoms with Gasteiger partial charge in [0, 0.05) is 12.0 Å². The Kier molecular flexibility index (Phi) is 4.31. The normalized spacial score (nSPS) is 34.0. The number of aliphatic hydroxyl groups is 1. The average molecular weight is 231 g/mol. The molecule has 5 N–H and O–H groups in total. The minimum atomic E-state index is -1.38. The first-order valence-electron chi connectivity index (χ1n) is 5.38. The highest BCUT2D eigenvalue weighted by atomic mass is 16.4. The Morgan fingerprint density at radius 1 is 1.56 bits per heavy atom. The van der Waals surface area contributed by atoms with Crippen LogP contribution in [0.15, 0.2) is 0 Å². The average Bonchev–Trinajstić information content (AvgIpc) is 2.43. The van der Waals surface area contributed by atoms with Gasteiger partial charge in [0.05, 0.1) is 6.10 Å². The van der Waals surface area contributed by atoms with Crippen molar-refractivity contribution in [2.24, 2.45) is 5.41 Å². The third-order valence-electron chi connectivity index (χ3n) is 3.36. The SMILES string of the molecule is C[C@]1(CCCB(O)O)[C@@H](C(=O)O)NC[C@@H]1O. The Balaban J connectivity index is 2.60. The van der Waals surface area contributed by atoms with E-state index in [0.717, 1.165) is 0 Å². The molecule has 7 heteroatoms. The molecule has 0 aliphatic carbocycles. The van der Waals surface area contributed by atoms with E-state index in [1.807, 2.05) is 0 Å². The number of aliphatic carboxylic acids is 1. The molecule has 0 unspecified atom stereocenters. The van der Waals surface area contributed by atoms with Gasteiger partial charge < -0.3 is 25.6 Å². The maximum atomic E-state index is 11.0. The topological polar surface area (TPSA) is 110 Å². The zero-order valence-corrected chi connectivity index (χ0v) is 9.26. The van der Waals surface area contributed by atoms with Gasteiger partial charge in [-0.2, -0.15) is 0 Å². The predicted molar refractivity (Wildman–Crippen MR) is 57.8 cm³/mol. The molecular weight excluding hydrogens is 213 g/mol. The highest BCUT2D eigenvalue weighted by Gasteiger charge is 2.49. The lowest BCUT2D eigenvalue weighted by molar-refractivity contribution is -0.143. The number of carboxylic acid groups (broad SMARTS) is 1. The van der Waals surface area contributed by atoms with Crippen LogP contribution in [0, 0.1) is 5.41 Å². The Morgan fingerprint density at radius 3 is 2.69 bits per heavy atom. The predicted octanol–water partition coefficient (Wildman–Crippen LogP) is -1.34. The quantitative estimate of drug-likeness (QED) is 0.375. The van der Waals surface area contributed by atoms with Crippen molar-refractivity contribution in [2.45, 2.75) is 38.2 Å². The van der Waals surface area contributed by atoms with Gasteiger partial charge in [0.25, 0.3) is 0 Å². The van der Waals surface area contributed by atoms with Crippen LogP contribution >= 0.6 is 0 Å². The number of carbonyl (C=O) groups is 1. The molecule has 1 heterocycles. The van der Waals surface area contributed by atoms with Gasteiger partial charge in [0.1, 0.15) is 6.04 Å². The highest BCUT2D eigenvalue weighted by molar-refractivity contribution is 6.40. The van der Waals surface area contributed by atoms with Crippen LogP contribution in [0.1, 0.15) is 19.8 Å². The van der Waals surface area contributed by atoms with Crippen LogP contribution in [0.25, 0.3) is 0 Å². The van der Waals surface area contributed by atoms with Gasteiger partial charge in [-0.05, 0) is 12.7 Å². The molecule has 1 fully saturated rings. The fourth-order valence-corrected chi connectivity index (χ4v) is 2.23. The molecule has 0 spiro atoms. The standard InChI is InChI=1S/C9H18BNO5/c1-9(3-2-4-10(15)16)6(12)5-11-7(9)8(13)14/h6-7,11-12,15-16H,2-5H2,1H3,(H,13,14)/t6-,7+,9+/m0/s1. The van der Waals surface area contributed by atoms with Crippen LogP contribution in [-0.2, 0) is 4.79 Å². The zero-order chi connectivity index (χ0) is 12.3. The van der Waals surface area contributed by atoms with E-state index in [1.54, 1.807) is 6.92 Å². The monoisotopic (exact) mass is 231 g/mol. The van der Waals surface area contributed by atoms with Crippen molar-refractivity contribution >= 4 is 13.1 Å².